The van der Waals surface area contributed by atoms with Crippen LogP contribution in [0.1, 0.15) is 61.8 Å². The van der Waals surface area contributed by atoms with Gasteiger partial charge in [0.15, 0.2) is 0 Å². The number of ketones is 1. The smallest absolute Gasteiger partial charge is 0.295 e. The molecule has 174 valence electrons. The number of carbonyl (C=O) groups excluding carboxylic acids is 2. The molecule has 3 aliphatic rings. The van der Waals surface area contributed by atoms with Crippen molar-refractivity contribution in [3.05, 3.63) is 70.9 Å². The van der Waals surface area contributed by atoms with Crippen LogP contribution < -0.4 is 4.74 Å². The minimum absolute atomic E-state index is 0.0107. The number of hydrogen-bond acceptors (Lipinski definition) is 4. The Bertz CT molecular complexity index is 1330. The van der Waals surface area contributed by atoms with Crippen molar-refractivity contribution in [2.75, 3.05) is 0 Å². The van der Waals surface area contributed by atoms with Crippen LogP contribution in [-0.2, 0) is 16.0 Å². The van der Waals surface area contributed by atoms with Gasteiger partial charge in [0.25, 0.3) is 11.7 Å². The monoisotopic (exact) mass is 456 g/mol. The number of nitrogens with one attached hydrogen (secondary N) is 1. The van der Waals surface area contributed by atoms with Gasteiger partial charge in [-0.3, -0.25) is 9.59 Å². The van der Waals surface area contributed by atoms with Crippen LogP contribution in [-0.4, -0.2) is 38.8 Å². The molecule has 2 N–H and O–H groups in total. The number of para-hydroxylation sites is 1. The molecule has 1 saturated heterocycles. The highest BCUT2D eigenvalue weighted by Gasteiger charge is 2.49. The molecule has 0 radical (unpaired) electrons. The average Bonchev–Trinajstić information content (AvgIpc) is 3.52. The lowest BCUT2D eigenvalue weighted by molar-refractivity contribution is -0.141. The maximum atomic E-state index is 13.5. The molecule has 2 aromatic carbocycles. The van der Waals surface area contributed by atoms with Crippen LogP contribution in [0.15, 0.2) is 54.2 Å². The molecule has 3 heterocycles. The Labute approximate surface area is 198 Å². The first-order chi connectivity index (χ1) is 16.5. The average molecular weight is 457 g/mol. The molecule has 0 spiro atoms. The van der Waals surface area contributed by atoms with Gasteiger partial charge in [0.2, 0.25) is 0 Å². The van der Waals surface area contributed by atoms with Crippen LogP contribution in [0.25, 0.3) is 16.7 Å². The van der Waals surface area contributed by atoms with Crippen LogP contribution >= 0.6 is 0 Å². The Hall–Kier alpha value is -3.54. The summed E-state index contributed by atoms with van der Waals surface area (Å²) < 4.78 is 5.80. The van der Waals surface area contributed by atoms with Gasteiger partial charge in [0, 0.05) is 40.7 Å². The molecule has 1 aromatic heterocycles. The molecule has 0 bridgehead atoms. The van der Waals surface area contributed by atoms with Crippen LogP contribution in [0.2, 0.25) is 0 Å². The molecule has 2 unspecified atom stereocenters. The Kier molecular flexibility index (Phi) is 4.97. The largest absolute Gasteiger partial charge is 0.507 e. The van der Waals surface area contributed by atoms with E-state index in [1.54, 1.807) is 11.0 Å². The number of ether oxygens (including phenoxy) is 1. The van der Waals surface area contributed by atoms with E-state index in [0.29, 0.717) is 5.56 Å². The van der Waals surface area contributed by atoms with Crippen molar-refractivity contribution in [2.45, 2.75) is 63.6 Å². The Morgan fingerprint density at radius 1 is 1.09 bits per heavy atom. The molecule has 1 amide bonds. The second kappa shape index (κ2) is 8.05. The SMILES string of the molecule is CC1Cc2cc(/C(O)=C3\C(=O)C(=O)N(C4CCCCC4)C3c3c[nH]c4ccccc34)ccc2O1. The summed E-state index contributed by atoms with van der Waals surface area (Å²) in [5, 5.41) is 12.4. The number of aromatic amines is 1. The third-order valence-corrected chi connectivity index (χ3v) is 7.53. The zero-order valence-corrected chi connectivity index (χ0v) is 19.2. The van der Waals surface area contributed by atoms with Crippen LogP contribution in [0.3, 0.4) is 0 Å². The third-order valence-electron chi connectivity index (χ3n) is 7.53. The molecule has 1 saturated carbocycles. The fourth-order valence-corrected chi connectivity index (χ4v) is 5.94. The molecule has 6 nitrogen and oxygen atoms in total. The number of Topliss-reactive ketones (excluding diaryl/α,β-unsaturated/α-hetero) is 1. The number of benzene rings is 2. The molecule has 2 fully saturated rings. The summed E-state index contributed by atoms with van der Waals surface area (Å²) >= 11 is 0. The number of nitrogens with zero attached hydrogens (tertiary/aromatic N) is 1. The predicted octanol–water partition coefficient (Wildman–Crippen LogP) is 5.25. The summed E-state index contributed by atoms with van der Waals surface area (Å²) in [5.41, 5.74) is 3.51. The summed E-state index contributed by atoms with van der Waals surface area (Å²) in [6.45, 7) is 2.01. The van der Waals surface area contributed by atoms with Crippen molar-refractivity contribution >= 4 is 28.4 Å². The minimum atomic E-state index is -0.623. The van der Waals surface area contributed by atoms with Gasteiger partial charge in [-0.25, -0.2) is 0 Å². The molecule has 34 heavy (non-hydrogen) atoms. The number of rotatable bonds is 3. The van der Waals surface area contributed by atoms with Crippen LogP contribution in [0, 0.1) is 0 Å². The number of H-pyrrole nitrogens is 1. The van der Waals surface area contributed by atoms with Gasteiger partial charge in [0.1, 0.15) is 17.6 Å². The fourth-order valence-electron chi connectivity index (χ4n) is 5.94. The van der Waals surface area contributed by atoms with Crippen LogP contribution in [0.4, 0.5) is 0 Å². The molecule has 6 heteroatoms. The zero-order chi connectivity index (χ0) is 23.4. The number of aliphatic hydroxyl groups excluding tert-OH is 1. The van der Waals surface area contributed by atoms with Gasteiger partial charge >= 0.3 is 0 Å². The van der Waals surface area contributed by atoms with Crippen LogP contribution in [0.5, 0.6) is 5.75 Å². The Balaban J connectivity index is 1.53. The van der Waals surface area contributed by atoms with E-state index in [9.17, 15) is 14.7 Å². The number of hydrogen-bond donors (Lipinski definition) is 2. The summed E-state index contributed by atoms with van der Waals surface area (Å²) in [5.74, 6) is -0.431. The van der Waals surface area contributed by atoms with E-state index in [4.69, 9.17) is 4.74 Å². The standard InChI is InChI=1S/C28H28N2O4/c1-16-13-18-14-17(11-12-23(18)34-16)26(31)24-25(21-15-29-22-10-6-5-9-20(21)22)30(28(33)27(24)32)19-7-3-2-4-8-19/h5-6,9-12,14-16,19,25,29,31H,2-4,7-8,13H2,1H3/b26-24+. The third kappa shape index (κ3) is 3.23. The second-order valence-electron chi connectivity index (χ2n) is 9.74. The van der Waals surface area contributed by atoms with E-state index in [2.05, 4.69) is 4.98 Å². The van der Waals surface area contributed by atoms with Gasteiger partial charge in [-0.05, 0) is 49.6 Å². The van der Waals surface area contributed by atoms with Crippen molar-refractivity contribution in [2.24, 2.45) is 0 Å². The maximum absolute atomic E-state index is 13.5. The zero-order valence-electron chi connectivity index (χ0n) is 19.2. The predicted molar refractivity (Wildman–Crippen MR) is 130 cm³/mol. The first-order valence-corrected chi connectivity index (χ1v) is 12.2. The maximum Gasteiger partial charge on any atom is 0.295 e. The number of fused-ring (bicyclic) bond motifs is 2. The lowest BCUT2D eigenvalue weighted by Gasteiger charge is -2.35. The summed E-state index contributed by atoms with van der Waals surface area (Å²) in [4.78, 5) is 31.9. The highest BCUT2D eigenvalue weighted by Crippen LogP contribution is 2.45. The molecule has 2 aliphatic heterocycles. The van der Waals surface area contributed by atoms with E-state index >= 15 is 0 Å². The van der Waals surface area contributed by atoms with Gasteiger partial charge in [-0.2, -0.15) is 0 Å². The normalized spacial score (nSPS) is 24.6. The number of amides is 1. The van der Waals surface area contributed by atoms with Crippen molar-refractivity contribution in [1.29, 1.82) is 0 Å². The first kappa shape index (κ1) is 21.0. The molecule has 3 aromatic rings. The molecular weight excluding hydrogens is 428 g/mol. The molecule has 1 aliphatic carbocycles. The summed E-state index contributed by atoms with van der Waals surface area (Å²) in [6, 6.07) is 12.7. The Morgan fingerprint density at radius 3 is 2.71 bits per heavy atom. The molecular formula is C28H28N2O4. The van der Waals surface area contributed by atoms with E-state index in [1.165, 1.54) is 0 Å². The van der Waals surface area contributed by atoms with E-state index < -0.39 is 17.7 Å². The fraction of sp³-hybridized carbons (Fsp3) is 0.357. The lowest BCUT2D eigenvalue weighted by Crippen LogP contribution is -2.40. The van der Waals surface area contributed by atoms with Gasteiger partial charge in [-0.1, -0.05) is 37.5 Å². The molecule has 2 atom stereocenters. The van der Waals surface area contributed by atoms with Crippen molar-refractivity contribution in [3.8, 4) is 5.75 Å². The number of aromatic nitrogens is 1. The minimum Gasteiger partial charge on any atom is -0.507 e. The molecule has 6 rings (SSSR count). The lowest BCUT2D eigenvalue weighted by atomic mass is 9.90. The second-order valence-corrected chi connectivity index (χ2v) is 9.74. The quantitative estimate of drug-likeness (QED) is 0.321. The summed E-state index contributed by atoms with van der Waals surface area (Å²) in [6.07, 6.45) is 7.68. The van der Waals surface area contributed by atoms with Gasteiger partial charge < -0.3 is 19.7 Å². The van der Waals surface area contributed by atoms with E-state index in [0.717, 1.165) is 66.3 Å². The van der Waals surface area contributed by atoms with E-state index in [1.807, 2.05) is 49.5 Å². The van der Waals surface area contributed by atoms with Crippen molar-refractivity contribution in [1.82, 2.24) is 9.88 Å². The number of likely N-dealkylation sites (tertiary alicyclic amines) is 1. The van der Waals surface area contributed by atoms with Gasteiger partial charge in [0.05, 0.1) is 11.6 Å². The first-order valence-electron chi connectivity index (χ1n) is 12.2. The highest BCUT2D eigenvalue weighted by atomic mass is 16.5. The number of aliphatic hydroxyl groups is 1. The Morgan fingerprint density at radius 2 is 1.88 bits per heavy atom. The van der Waals surface area contributed by atoms with E-state index in [-0.39, 0.29) is 23.5 Å². The van der Waals surface area contributed by atoms with Crippen molar-refractivity contribution in [3.63, 3.8) is 0 Å². The van der Waals surface area contributed by atoms with Crippen molar-refractivity contribution < 1.29 is 19.4 Å². The highest BCUT2D eigenvalue weighted by molar-refractivity contribution is 6.46. The van der Waals surface area contributed by atoms with Gasteiger partial charge in [-0.15, -0.1) is 0 Å². The number of carbonyl (C=O) groups is 2. The summed E-state index contributed by atoms with van der Waals surface area (Å²) in [7, 11) is 0. The topological polar surface area (TPSA) is 82.6 Å².